The minimum absolute atomic E-state index is 0.198. The van der Waals surface area contributed by atoms with E-state index in [-0.39, 0.29) is 6.04 Å². The molecule has 2 N–H and O–H groups in total. The maximum Gasteiger partial charge on any atom is 0.137 e. The van der Waals surface area contributed by atoms with Crippen molar-refractivity contribution >= 4 is 5.78 Å². The summed E-state index contributed by atoms with van der Waals surface area (Å²) in [4.78, 5) is 11.8. The molecule has 0 saturated carbocycles. The van der Waals surface area contributed by atoms with E-state index in [0.29, 0.717) is 18.6 Å². The van der Waals surface area contributed by atoms with Gasteiger partial charge in [0.15, 0.2) is 0 Å². The van der Waals surface area contributed by atoms with Crippen LogP contribution in [0, 0.1) is 13.8 Å². The third kappa shape index (κ3) is 5.14. The molecule has 0 spiro atoms. The van der Waals surface area contributed by atoms with E-state index in [4.69, 9.17) is 5.73 Å². The predicted octanol–water partition coefficient (Wildman–Crippen LogP) is 2.93. The second-order valence-electron chi connectivity index (χ2n) is 5.01. The quantitative estimate of drug-likeness (QED) is 0.821. The molecule has 0 amide bonds. The molecule has 94 valence electrons. The van der Waals surface area contributed by atoms with E-state index >= 15 is 0 Å². The molecular weight excluding hydrogens is 210 g/mol. The molecule has 0 aliphatic heterocycles. The Morgan fingerprint density at radius 1 is 1.35 bits per heavy atom. The molecule has 17 heavy (non-hydrogen) atoms. The van der Waals surface area contributed by atoms with E-state index in [1.54, 1.807) is 0 Å². The van der Waals surface area contributed by atoms with E-state index in [1.165, 1.54) is 11.1 Å². The summed E-state index contributed by atoms with van der Waals surface area (Å²) < 4.78 is 0. The Morgan fingerprint density at radius 3 is 2.71 bits per heavy atom. The molecule has 0 heterocycles. The fourth-order valence-electron chi connectivity index (χ4n) is 1.91. The largest absolute Gasteiger partial charge is 0.328 e. The highest BCUT2D eigenvalue weighted by Gasteiger charge is 2.07. The van der Waals surface area contributed by atoms with Crippen LogP contribution in [0.1, 0.15) is 42.9 Å². The molecule has 0 aromatic heterocycles. The summed E-state index contributed by atoms with van der Waals surface area (Å²) in [6.45, 7) is 6.10. The van der Waals surface area contributed by atoms with Crippen molar-refractivity contribution in [3.63, 3.8) is 0 Å². The molecule has 0 aliphatic rings. The zero-order valence-corrected chi connectivity index (χ0v) is 11.1. The predicted molar refractivity (Wildman–Crippen MR) is 72.1 cm³/mol. The van der Waals surface area contributed by atoms with Gasteiger partial charge in [0.25, 0.3) is 0 Å². The molecule has 1 aromatic rings. The second-order valence-corrected chi connectivity index (χ2v) is 5.01. The first-order valence-corrected chi connectivity index (χ1v) is 6.32. The van der Waals surface area contributed by atoms with Gasteiger partial charge in [-0.3, -0.25) is 4.79 Å². The lowest BCUT2D eigenvalue weighted by Crippen LogP contribution is -2.15. The number of rotatable bonds is 6. The average molecular weight is 233 g/mol. The maximum atomic E-state index is 11.8. The van der Waals surface area contributed by atoms with Crippen molar-refractivity contribution in [3.8, 4) is 0 Å². The zero-order chi connectivity index (χ0) is 12.8. The summed E-state index contributed by atoms with van der Waals surface area (Å²) in [5.41, 5.74) is 9.25. The normalized spacial score (nSPS) is 12.5. The smallest absolute Gasteiger partial charge is 0.137 e. The van der Waals surface area contributed by atoms with Crippen molar-refractivity contribution in [2.75, 3.05) is 0 Å². The van der Waals surface area contributed by atoms with Crippen LogP contribution >= 0.6 is 0 Å². The molecule has 0 aliphatic carbocycles. The van der Waals surface area contributed by atoms with Crippen LogP contribution < -0.4 is 5.73 Å². The van der Waals surface area contributed by atoms with Crippen molar-refractivity contribution in [1.82, 2.24) is 0 Å². The Kier molecular flexibility index (Phi) is 5.36. The highest BCUT2D eigenvalue weighted by Crippen LogP contribution is 2.13. The van der Waals surface area contributed by atoms with Gasteiger partial charge < -0.3 is 5.73 Å². The van der Waals surface area contributed by atoms with Crippen molar-refractivity contribution < 1.29 is 4.79 Å². The van der Waals surface area contributed by atoms with Gasteiger partial charge in [-0.05, 0) is 44.7 Å². The number of ketones is 1. The standard InChI is InChI=1S/C15H23NO/c1-11-7-8-12(2)14(9-11)10-15(17)6-4-5-13(3)16/h7-9,13H,4-6,10,16H2,1-3H3. The first-order chi connectivity index (χ1) is 7.99. The minimum atomic E-state index is 0.198. The second kappa shape index (κ2) is 6.55. The molecule has 2 heteroatoms. The average Bonchev–Trinajstić information content (AvgIpc) is 2.23. The number of carbonyl (C=O) groups excluding carboxylic acids is 1. The van der Waals surface area contributed by atoms with Crippen LogP contribution in [0.3, 0.4) is 0 Å². The number of aryl methyl sites for hydroxylation is 2. The molecule has 2 nitrogen and oxygen atoms in total. The number of hydrogen-bond acceptors (Lipinski definition) is 2. The van der Waals surface area contributed by atoms with Crippen molar-refractivity contribution in [2.24, 2.45) is 5.73 Å². The van der Waals surface area contributed by atoms with Gasteiger partial charge in [0.1, 0.15) is 5.78 Å². The summed E-state index contributed by atoms with van der Waals surface area (Å²) in [6, 6.07) is 6.47. The highest BCUT2D eigenvalue weighted by molar-refractivity contribution is 5.81. The fraction of sp³-hybridized carbons (Fsp3) is 0.533. The number of nitrogens with two attached hydrogens (primary N) is 1. The molecule has 0 bridgehead atoms. The third-order valence-corrected chi connectivity index (χ3v) is 3.01. The van der Waals surface area contributed by atoms with Crippen LogP contribution in [0.15, 0.2) is 18.2 Å². The Bertz CT molecular complexity index is 383. The summed E-state index contributed by atoms with van der Waals surface area (Å²) in [5.74, 6) is 0.319. The lowest BCUT2D eigenvalue weighted by atomic mass is 9.98. The van der Waals surface area contributed by atoms with Crippen LogP contribution in [0.2, 0.25) is 0 Å². The molecule has 1 atom stereocenters. The summed E-state index contributed by atoms with van der Waals surface area (Å²) in [7, 11) is 0. The lowest BCUT2D eigenvalue weighted by Gasteiger charge is -2.07. The number of Topliss-reactive ketones (excluding diaryl/α,β-unsaturated/α-hetero) is 1. The molecule has 1 rings (SSSR count). The Morgan fingerprint density at radius 2 is 2.06 bits per heavy atom. The van der Waals surface area contributed by atoms with Gasteiger partial charge in [-0.25, -0.2) is 0 Å². The van der Waals surface area contributed by atoms with Crippen molar-refractivity contribution in [3.05, 3.63) is 34.9 Å². The monoisotopic (exact) mass is 233 g/mol. The lowest BCUT2D eigenvalue weighted by molar-refractivity contribution is -0.118. The van der Waals surface area contributed by atoms with Gasteiger partial charge in [0.2, 0.25) is 0 Å². The van der Waals surface area contributed by atoms with Gasteiger partial charge in [-0.15, -0.1) is 0 Å². The van der Waals surface area contributed by atoms with E-state index < -0.39 is 0 Å². The fourth-order valence-corrected chi connectivity index (χ4v) is 1.91. The summed E-state index contributed by atoms with van der Waals surface area (Å²) in [6.07, 6.45) is 3.04. The summed E-state index contributed by atoms with van der Waals surface area (Å²) in [5, 5.41) is 0. The Hall–Kier alpha value is -1.15. The van der Waals surface area contributed by atoms with Crippen molar-refractivity contribution in [1.29, 1.82) is 0 Å². The molecule has 1 aromatic carbocycles. The van der Waals surface area contributed by atoms with Gasteiger partial charge in [-0.1, -0.05) is 23.8 Å². The van der Waals surface area contributed by atoms with Crippen LogP contribution in [0.25, 0.3) is 0 Å². The van der Waals surface area contributed by atoms with Crippen LogP contribution in [-0.4, -0.2) is 11.8 Å². The van der Waals surface area contributed by atoms with E-state index in [1.807, 2.05) is 6.92 Å². The number of carbonyl (C=O) groups is 1. The Labute approximate surface area is 104 Å². The van der Waals surface area contributed by atoms with Gasteiger partial charge in [-0.2, -0.15) is 0 Å². The zero-order valence-electron chi connectivity index (χ0n) is 11.1. The highest BCUT2D eigenvalue weighted by atomic mass is 16.1. The Balaban J connectivity index is 2.47. The summed E-state index contributed by atoms with van der Waals surface area (Å²) >= 11 is 0. The van der Waals surface area contributed by atoms with E-state index in [9.17, 15) is 4.79 Å². The molecule has 0 radical (unpaired) electrons. The van der Waals surface area contributed by atoms with Crippen molar-refractivity contribution in [2.45, 2.75) is 52.5 Å². The third-order valence-electron chi connectivity index (χ3n) is 3.01. The molecular formula is C15H23NO. The topological polar surface area (TPSA) is 43.1 Å². The van der Waals surface area contributed by atoms with E-state index in [2.05, 4.69) is 32.0 Å². The molecule has 1 unspecified atom stereocenters. The van der Waals surface area contributed by atoms with Gasteiger partial charge in [0, 0.05) is 18.9 Å². The SMILES string of the molecule is Cc1ccc(C)c(CC(=O)CCCC(C)N)c1. The molecule has 0 fully saturated rings. The maximum absolute atomic E-state index is 11.8. The van der Waals surface area contributed by atoms with Gasteiger partial charge in [0.05, 0.1) is 0 Å². The molecule has 0 saturated heterocycles. The number of benzene rings is 1. The number of hydrogen-bond donors (Lipinski definition) is 1. The minimum Gasteiger partial charge on any atom is -0.328 e. The van der Waals surface area contributed by atoms with Gasteiger partial charge >= 0.3 is 0 Å². The van der Waals surface area contributed by atoms with Crippen LogP contribution in [0.4, 0.5) is 0 Å². The van der Waals surface area contributed by atoms with E-state index in [0.717, 1.165) is 18.4 Å². The first-order valence-electron chi connectivity index (χ1n) is 6.32. The van der Waals surface area contributed by atoms with Crippen LogP contribution in [-0.2, 0) is 11.2 Å². The first kappa shape index (κ1) is 13.9. The van der Waals surface area contributed by atoms with Crippen LogP contribution in [0.5, 0.6) is 0 Å².